The number of pyridine rings is 1. The molecule has 6 heteroatoms. The van der Waals surface area contributed by atoms with Gasteiger partial charge < -0.3 is 10.1 Å². The van der Waals surface area contributed by atoms with Crippen LogP contribution in [0.3, 0.4) is 0 Å². The number of nitrogens with zero attached hydrogens (tertiary/aromatic N) is 3. The van der Waals surface area contributed by atoms with Crippen LogP contribution in [0.2, 0.25) is 0 Å². The number of halogens is 1. The molecule has 0 saturated carbocycles. The summed E-state index contributed by atoms with van der Waals surface area (Å²) < 4.78 is 8.34. The van der Waals surface area contributed by atoms with Crippen molar-refractivity contribution in [2.24, 2.45) is 0 Å². The molecule has 1 N–H and O–H groups in total. The number of hydrogen-bond acceptors (Lipinski definition) is 4. The first-order chi connectivity index (χ1) is 9.60. The Morgan fingerprint density at radius 2 is 2.15 bits per heavy atom. The van der Waals surface area contributed by atoms with Crippen molar-refractivity contribution in [2.75, 3.05) is 14.2 Å². The molecule has 2 rings (SSSR count). The maximum absolute atomic E-state index is 5.37. The molecule has 0 aliphatic rings. The maximum atomic E-state index is 5.37. The minimum atomic E-state index is -0.0436. The normalized spacial score (nSPS) is 12.7. The first kappa shape index (κ1) is 15.0. The summed E-state index contributed by atoms with van der Waals surface area (Å²) in [5, 5.41) is 7.75. The van der Waals surface area contributed by atoms with E-state index in [0.717, 1.165) is 15.7 Å². The Bertz CT molecular complexity index is 582. The zero-order valence-corrected chi connectivity index (χ0v) is 13.7. The van der Waals surface area contributed by atoms with Crippen LogP contribution in [0.1, 0.15) is 37.2 Å². The van der Waals surface area contributed by atoms with Crippen molar-refractivity contribution in [1.29, 1.82) is 0 Å². The van der Waals surface area contributed by atoms with Gasteiger partial charge in [-0.3, -0.25) is 4.68 Å². The van der Waals surface area contributed by atoms with Crippen molar-refractivity contribution in [2.45, 2.75) is 25.9 Å². The molecule has 1 unspecified atom stereocenters. The molecule has 2 aromatic heterocycles. The van der Waals surface area contributed by atoms with Crippen molar-refractivity contribution < 1.29 is 4.74 Å². The molecule has 0 aliphatic heterocycles. The molecule has 108 valence electrons. The molecule has 1 atom stereocenters. The number of rotatable bonds is 5. The number of ether oxygens (including phenoxy) is 1. The van der Waals surface area contributed by atoms with Gasteiger partial charge in [-0.05, 0) is 42.9 Å². The Balaban J connectivity index is 2.55. The van der Waals surface area contributed by atoms with E-state index in [-0.39, 0.29) is 12.1 Å². The van der Waals surface area contributed by atoms with Gasteiger partial charge in [-0.1, -0.05) is 6.07 Å². The van der Waals surface area contributed by atoms with Gasteiger partial charge in [-0.15, -0.1) is 0 Å². The van der Waals surface area contributed by atoms with Crippen molar-refractivity contribution in [3.05, 3.63) is 40.3 Å². The number of methoxy groups -OCH3 is 1. The van der Waals surface area contributed by atoms with Crippen LogP contribution >= 0.6 is 15.9 Å². The predicted molar refractivity (Wildman–Crippen MR) is 82.0 cm³/mol. The van der Waals surface area contributed by atoms with Gasteiger partial charge >= 0.3 is 0 Å². The number of nitrogens with one attached hydrogen (secondary N) is 1. The molecule has 0 fully saturated rings. The van der Waals surface area contributed by atoms with E-state index in [1.165, 1.54) is 0 Å². The second-order valence-corrected chi connectivity index (χ2v) is 5.59. The first-order valence-corrected chi connectivity index (χ1v) is 7.28. The highest BCUT2D eigenvalue weighted by Crippen LogP contribution is 2.33. The molecule has 5 nitrogen and oxygen atoms in total. The SMILES string of the molecule is CNC(c1cccnc1OC)c1c(Br)cnn1C(C)C. The average molecular weight is 339 g/mol. The third kappa shape index (κ3) is 2.71. The highest BCUT2D eigenvalue weighted by Gasteiger charge is 2.24. The quantitative estimate of drug-likeness (QED) is 0.910. The van der Waals surface area contributed by atoms with Crippen molar-refractivity contribution in [3.63, 3.8) is 0 Å². The molecule has 2 heterocycles. The van der Waals surface area contributed by atoms with Gasteiger partial charge in [0.15, 0.2) is 0 Å². The zero-order valence-electron chi connectivity index (χ0n) is 12.1. The lowest BCUT2D eigenvalue weighted by atomic mass is 10.0. The van der Waals surface area contributed by atoms with Gasteiger partial charge in [0.25, 0.3) is 0 Å². The molecule has 0 radical (unpaired) electrons. The van der Waals surface area contributed by atoms with Crippen molar-refractivity contribution in [1.82, 2.24) is 20.1 Å². The second kappa shape index (κ2) is 6.37. The van der Waals surface area contributed by atoms with Crippen LogP contribution in [0, 0.1) is 0 Å². The minimum Gasteiger partial charge on any atom is -0.481 e. The van der Waals surface area contributed by atoms with E-state index in [1.54, 1.807) is 13.3 Å². The minimum absolute atomic E-state index is 0.0436. The van der Waals surface area contributed by atoms with E-state index in [9.17, 15) is 0 Å². The molecule has 0 aliphatic carbocycles. The monoisotopic (exact) mass is 338 g/mol. The lowest BCUT2D eigenvalue weighted by Gasteiger charge is -2.22. The molecule has 0 aromatic carbocycles. The van der Waals surface area contributed by atoms with Crippen LogP contribution in [0.15, 0.2) is 29.0 Å². The van der Waals surface area contributed by atoms with Gasteiger partial charge in [0.05, 0.1) is 29.5 Å². The predicted octanol–water partition coefficient (Wildman–Crippen LogP) is 2.94. The van der Waals surface area contributed by atoms with Crippen LogP contribution in [-0.2, 0) is 0 Å². The lowest BCUT2D eigenvalue weighted by Crippen LogP contribution is -2.23. The molecule has 2 aromatic rings. The van der Waals surface area contributed by atoms with Gasteiger partial charge in [-0.2, -0.15) is 5.10 Å². The highest BCUT2D eigenvalue weighted by molar-refractivity contribution is 9.10. The van der Waals surface area contributed by atoms with E-state index < -0.39 is 0 Å². The molecule has 0 spiro atoms. The van der Waals surface area contributed by atoms with Crippen molar-refractivity contribution >= 4 is 15.9 Å². The van der Waals surface area contributed by atoms with Crippen LogP contribution in [0.25, 0.3) is 0 Å². The summed E-state index contributed by atoms with van der Waals surface area (Å²) in [5.41, 5.74) is 2.05. The second-order valence-electron chi connectivity index (χ2n) is 4.74. The largest absolute Gasteiger partial charge is 0.481 e. The summed E-state index contributed by atoms with van der Waals surface area (Å²) in [4.78, 5) is 4.27. The fourth-order valence-electron chi connectivity index (χ4n) is 2.27. The van der Waals surface area contributed by atoms with E-state index in [4.69, 9.17) is 4.74 Å². The molecule has 20 heavy (non-hydrogen) atoms. The van der Waals surface area contributed by atoms with E-state index in [1.807, 2.05) is 30.1 Å². The maximum Gasteiger partial charge on any atom is 0.218 e. The van der Waals surface area contributed by atoms with Crippen LogP contribution in [0.4, 0.5) is 0 Å². The molecule has 0 bridgehead atoms. The van der Waals surface area contributed by atoms with Crippen LogP contribution < -0.4 is 10.1 Å². The summed E-state index contributed by atoms with van der Waals surface area (Å²) in [6, 6.07) is 4.15. The summed E-state index contributed by atoms with van der Waals surface area (Å²) >= 11 is 3.59. The van der Waals surface area contributed by atoms with Crippen molar-refractivity contribution in [3.8, 4) is 5.88 Å². The third-order valence-electron chi connectivity index (χ3n) is 3.14. The molecular weight excluding hydrogens is 320 g/mol. The molecular formula is C14H19BrN4O. The lowest BCUT2D eigenvalue weighted by molar-refractivity contribution is 0.385. The number of aromatic nitrogens is 3. The van der Waals surface area contributed by atoms with Gasteiger partial charge in [0.2, 0.25) is 5.88 Å². The topological polar surface area (TPSA) is 52.0 Å². The summed E-state index contributed by atoms with van der Waals surface area (Å²) in [6.45, 7) is 4.21. The zero-order chi connectivity index (χ0) is 14.7. The van der Waals surface area contributed by atoms with Crippen LogP contribution in [-0.4, -0.2) is 28.9 Å². The molecule has 0 saturated heterocycles. The Morgan fingerprint density at radius 1 is 1.40 bits per heavy atom. The standard InChI is InChI=1S/C14H19BrN4O/c1-9(2)19-13(11(15)8-18-19)12(16-3)10-6-5-7-17-14(10)20-4/h5-9,12,16H,1-4H3. The average Bonchev–Trinajstić information content (AvgIpc) is 2.83. The van der Waals surface area contributed by atoms with Gasteiger partial charge in [0, 0.05) is 17.8 Å². The fraction of sp³-hybridized carbons (Fsp3) is 0.429. The fourth-order valence-corrected chi connectivity index (χ4v) is 2.77. The van der Waals surface area contributed by atoms with E-state index in [0.29, 0.717) is 5.88 Å². The van der Waals surface area contributed by atoms with E-state index in [2.05, 4.69) is 45.2 Å². The van der Waals surface area contributed by atoms with Gasteiger partial charge in [0.1, 0.15) is 0 Å². The summed E-state index contributed by atoms with van der Waals surface area (Å²) in [5.74, 6) is 0.621. The summed E-state index contributed by atoms with van der Waals surface area (Å²) in [7, 11) is 3.55. The highest BCUT2D eigenvalue weighted by atomic mass is 79.9. The Labute approximate surface area is 127 Å². The summed E-state index contributed by atoms with van der Waals surface area (Å²) in [6.07, 6.45) is 3.55. The van der Waals surface area contributed by atoms with E-state index >= 15 is 0 Å². The number of hydrogen-bond donors (Lipinski definition) is 1. The Kier molecular flexibility index (Phi) is 4.77. The third-order valence-corrected chi connectivity index (χ3v) is 3.75. The first-order valence-electron chi connectivity index (χ1n) is 6.49. The van der Waals surface area contributed by atoms with Gasteiger partial charge in [-0.25, -0.2) is 4.98 Å². The Morgan fingerprint density at radius 3 is 2.75 bits per heavy atom. The van der Waals surface area contributed by atoms with Crippen LogP contribution in [0.5, 0.6) is 5.88 Å². The Hall–Kier alpha value is -1.40. The smallest absolute Gasteiger partial charge is 0.218 e. The molecule has 0 amide bonds.